The maximum atomic E-state index is 4.67. The van der Waals surface area contributed by atoms with Crippen LogP contribution in [0.25, 0.3) is 0 Å². The van der Waals surface area contributed by atoms with Gasteiger partial charge in [-0.15, -0.1) is 24.0 Å². The van der Waals surface area contributed by atoms with E-state index in [1.165, 1.54) is 25.7 Å². The zero-order valence-electron chi connectivity index (χ0n) is 13.6. The highest BCUT2D eigenvalue weighted by Crippen LogP contribution is 2.23. The van der Waals surface area contributed by atoms with Gasteiger partial charge in [0.15, 0.2) is 5.96 Å². The third kappa shape index (κ3) is 8.29. The number of hydrogen-bond donors (Lipinski definition) is 2. The number of halogens is 1. The number of guanidine groups is 1. The summed E-state index contributed by atoms with van der Waals surface area (Å²) in [6.45, 7) is 10.6. The van der Waals surface area contributed by atoms with Crippen LogP contribution < -0.4 is 10.6 Å². The minimum absolute atomic E-state index is 0. The van der Waals surface area contributed by atoms with Crippen LogP contribution in [-0.2, 0) is 0 Å². The van der Waals surface area contributed by atoms with E-state index in [1.54, 1.807) is 0 Å². The molecule has 1 fully saturated rings. The lowest BCUT2D eigenvalue weighted by Gasteiger charge is -2.28. The van der Waals surface area contributed by atoms with E-state index in [4.69, 9.17) is 0 Å². The van der Waals surface area contributed by atoms with Crippen LogP contribution in [0.1, 0.15) is 46.5 Å². The Morgan fingerprint density at radius 3 is 2.40 bits per heavy atom. The Hall–Kier alpha value is -0.0400. The summed E-state index contributed by atoms with van der Waals surface area (Å²) in [6, 6.07) is 0.609. The monoisotopic (exact) mass is 396 g/mol. The van der Waals surface area contributed by atoms with Crippen LogP contribution >= 0.6 is 24.0 Å². The van der Waals surface area contributed by atoms with Gasteiger partial charge in [-0.25, -0.2) is 0 Å². The molecule has 0 radical (unpaired) electrons. The molecule has 1 rings (SSSR count). The van der Waals surface area contributed by atoms with E-state index in [0.717, 1.165) is 38.1 Å². The molecule has 0 atom stereocenters. The van der Waals surface area contributed by atoms with Gasteiger partial charge in [0.1, 0.15) is 0 Å². The summed E-state index contributed by atoms with van der Waals surface area (Å²) in [5, 5.41) is 6.94. The van der Waals surface area contributed by atoms with Crippen molar-refractivity contribution < 1.29 is 0 Å². The maximum absolute atomic E-state index is 4.67. The van der Waals surface area contributed by atoms with Crippen molar-refractivity contribution in [1.82, 2.24) is 15.5 Å². The third-order valence-electron chi connectivity index (χ3n) is 3.99. The molecule has 0 amide bonds. The zero-order chi connectivity index (χ0) is 14.1. The quantitative estimate of drug-likeness (QED) is 0.412. The van der Waals surface area contributed by atoms with E-state index >= 15 is 0 Å². The normalized spacial score (nSPS) is 23.4. The highest BCUT2D eigenvalue weighted by molar-refractivity contribution is 14.0. The molecule has 0 heterocycles. The molecule has 20 heavy (non-hydrogen) atoms. The van der Waals surface area contributed by atoms with Crippen LogP contribution in [0.4, 0.5) is 0 Å². The van der Waals surface area contributed by atoms with Gasteiger partial charge in [-0.05, 0) is 52.1 Å². The van der Waals surface area contributed by atoms with E-state index in [-0.39, 0.29) is 24.0 Å². The van der Waals surface area contributed by atoms with Gasteiger partial charge in [-0.3, -0.25) is 4.99 Å². The van der Waals surface area contributed by atoms with Crippen molar-refractivity contribution in [1.29, 1.82) is 0 Å². The first kappa shape index (κ1) is 20.0. The molecule has 0 aromatic carbocycles. The summed E-state index contributed by atoms with van der Waals surface area (Å²) < 4.78 is 0. The molecular weight excluding hydrogens is 363 g/mol. The first-order chi connectivity index (χ1) is 9.15. The molecule has 0 bridgehead atoms. The van der Waals surface area contributed by atoms with Gasteiger partial charge in [0.05, 0.1) is 6.54 Å². The standard InChI is InChI=1S/C15H32N4.HI/c1-5-16-15(17-11-12-19(4)6-2)18-14-9-7-13(3)8-10-14;/h13-14H,5-12H2,1-4H3,(H2,16,17,18);1H. The summed E-state index contributed by atoms with van der Waals surface area (Å²) in [7, 11) is 2.14. The van der Waals surface area contributed by atoms with Crippen molar-refractivity contribution in [3.05, 3.63) is 0 Å². The lowest BCUT2D eigenvalue weighted by molar-refractivity contribution is 0.329. The van der Waals surface area contributed by atoms with Gasteiger partial charge in [-0.2, -0.15) is 0 Å². The number of nitrogens with zero attached hydrogens (tertiary/aromatic N) is 2. The first-order valence-corrected chi connectivity index (χ1v) is 7.89. The lowest BCUT2D eigenvalue weighted by Crippen LogP contribution is -2.45. The second-order valence-corrected chi connectivity index (χ2v) is 5.76. The fourth-order valence-electron chi connectivity index (χ4n) is 2.41. The Balaban J connectivity index is 0.00000361. The van der Waals surface area contributed by atoms with Crippen molar-refractivity contribution in [2.45, 2.75) is 52.5 Å². The predicted molar refractivity (Wildman–Crippen MR) is 99.1 cm³/mol. The number of aliphatic imine (C=N–C) groups is 1. The van der Waals surface area contributed by atoms with Crippen LogP contribution in [-0.4, -0.2) is 50.1 Å². The largest absolute Gasteiger partial charge is 0.357 e. The molecule has 1 aliphatic rings. The molecule has 0 saturated heterocycles. The Labute approximate surface area is 142 Å². The molecule has 2 N–H and O–H groups in total. The highest BCUT2D eigenvalue weighted by atomic mass is 127. The van der Waals surface area contributed by atoms with E-state index < -0.39 is 0 Å². The van der Waals surface area contributed by atoms with Crippen LogP contribution in [0.15, 0.2) is 4.99 Å². The molecule has 0 spiro atoms. The second-order valence-electron chi connectivity index (χ2n) is 5.76. The first-order valence-electron chi connectivity index (χ1n) is 7.89. The number of rotatable bonds is 6. The average Bonchev–Trinajstić information content (AvgIpc) is 2.41. The summed E-state index contributed by atoms with van der Waals surface area (Å²) in [4.78, 5) is 6.95. The van der Waals surface area contributed by atoms with Gasteiger partial charge in [0.2, 0.25) is 0 Å². The van der Waals surface area contributed by atoms with Crippen molar-refractivity contribution in [3.63, 3.8) is 0 Å². The number of hydrogen-bond acceptors (Lipinski definition) is 2. The summed E-state index contributed by atoms with van der Waals surface area (Å²) in [6.07, 6.45) is 5.24. The Morgan fingerprint density at radius 2 is 1.85 bits per heavy atom. The molecule has 0 unspecified atom stereocenters. The number of nitrogens with one attached hydrogen (secondary N) is 2. The lowest BCUT2D eigenvalue weighted by atomic mass is 9.87. The molecule has 1 aliphatic carbocycles. The van der Waals surface area contributed by atoms with Crippen molar-refractivity contribution >= 4 is 29.9 Å². The van der Waals surface area contributed by atoms with Crippen LogP contribution in [0.2, 0.25) is 0 Å². The smallest absolute Gasteiger partial charge is 0.191 e. The van der Waals surface area contributed by atoms with Crippen LogP contribution in [0.3, 0.4) is 0 Å². The van der Waals surface area contributed by atoms with Gasteiger partial charge >= 0.3 is 0 Å². The van der Waals surface area contributed by atoms with Gasteiger partial charge < -0.3 is 15.5 Å². The molecule has 1 saturated carbocycles. The molecule has 5 heteroatoms. The minimum Gasteiger partial charge on any atom is -0.357 e. The van der Waals surface area contributed by atoms with Crippen LogP contribution in [0, 0.1) is 5.92 Å². The molecule has 0 aliphatic heterocycles. The fourth-order valence-corrected chi connectivity index (χ4v) is 2.41. The van der Waals surface area contributed by atoms with Crippen molar-refractivity contribution in [3.8, 4) is 0 Å². The fraction of sp³-hybridized carbons (Fsp3) is 0.933. The predicted octanol–water partition coefficient (Wildman–Crippen LogP) is 2.69. The Kier molecular flexibility index (Phi) is 11.6. The molecule has 0 aromatic heterocycles. The third-order valence-corrected chi connectivity index (χ3v) is 3.99. The Bertz CT molecular complexity index is 263. The highest BCUT2D eigenvalue weighted by Gasteiger charge is 2.18. The summed E-state index contributed by atoms with van der Waals surface area (Å²) in [5.74, 6) is 1.89. The van der Waals surface area contributed by atoms with Gasteiger partial charge in [0, 0.05) is 19.1 Å². The average molecular weight is 396 g/mol. The second kappa shape index (κ2) is 11.6. The van der Waals surface area contributed by atoms with Crippen LogP contribution in [0.5, 0.6) is 0 Å². The van der Waals surface area contributed by atoms with Gasteiger partial charge in [-0.1, -0.05) is 13.8 Å². The number of likely N-dealkylation sites (N-methyl/N-ethyl adjacent to an activating group) is 1. The SMILES string of the molecule is CCNC(=NCCN(C)CC)NC1CCC(C)CC1.I. The van der Waals surface area contributed by atoms with E-state index in [1.807, 2.05) is 0 Å². The summed E-state index contributed by atoms with van der Waals surface area (Å²) in [5.41, 5.74) is 0. The van der Waals surface area contributed by atoms with Gasteiger partial charge in [0.25, 0.3) is 0 Å². The van der Waals surface area contributed by atoms with E-state index in [0.29, 0.717) is 6.04 Å². The maximum Gasteiger partial charge on any atom is 0.191 e. The Morgan fingerprint density at radius 1 is 1.20 bits per heavy atom. The summed E-state index contributed by atoms with van der Waals surface area (Å²) >= 11 is 0. The van der Waals surface area contributed by atoms with Crippen molar-refractivity contribution in [2.24, 2.45) is 10.9 Å². The molecule has 4 nitrogen and oxygen atoms in total. The molecular formula is C15H33IN4. The van der Waals surface area contributed by atoms with Crippen molar-refractivity contribution in [2.75, 3.05) is 33.2 Å². The van der Waals surface area contributed by atoms with E-state index in [2.05, 4.69) is 48.3 Å². The zero-order valence-corrected chi connectivity index (χ0v) is 15.9. The molecule has 0 aromatic rings. The molecule has 120 valence electrons. The topological polar surface area (TPSA) is 39.7 Å². The van der Waals surface area contributed by atoms with E-state index in [9.17, 15) is 0 Å². The minimum atomic E-state index is 0.